The highest BCUT2D eigenvalue weighted by Crippen LogP contribution is 2.54. The Morgan fingerprint density at radius 2 is 1.64 bits per heavy atom. The first-order chi connectivity index (χ1) is 20.3. The maximum Gasteiger partial charge on any atom is 0.308 e. The van der Waals surface area contributed by atoms with E-state index in [-0.39, 0.29) is 23.2 Å². The molecular weight excluding hydrogens is 579 g/mol. The molecule has 9 nitrogen and oxygen atoms in total. The van der Waals surface area contributed by atoms with Gasteiger partial charge in [0.1, 0.15) is 17.6 Å². The molecule has 0 saturated carbocycles. The molecule has 6 rings (SSSR count). The smallest absolute Gasteiger partial charge is 0.308 e. The number of amides is 3. The number of hydrogen-bond donors (Lipinski definition) is 0. The van der Waals surface area contributed by atoms with Gasteiger partial charge in [-0.15, -0.1) is 0 Å². The second-order valence-electron chi connectivity index (χ2n) is 10.4. The van der Waals surface area contributed by atoms with Gasteiger partial charge >= 0.3 is 4.87 Å². The maximum absolute atomic E-state index is 14.0. The second kappa shape index (κ2) is 11.7. The molecule has 2 fully saturated rings. The number of thioether (sulfide) groups is 1. The molecule has 2 aromatic carbocycles. The molecule has 4 heterocycles. The monoisotopic (exact) mass is 610 g/mol. The van der Waals surface area contributed by atoms with Gasteiger partial charge in [0, 0.05) is 42.7 Å². The van der Waals surface area contributed by atoms with Gasteiger partial charge in [0.25, 0.3) is 0 Å². The third-order valence-electron chi connectivity index (χ3n) is 8.17. The van der Waals surface area contributed by atoms with Crippen LogP contribution in [0.5, 0.6) is 0 Å². The minimum atomic E-state index is -0.804. The lowest BCUT2D eigenvalue weighted by Gasteiger charge is -2.31. The molecule has 3 atom stereocenters. The summed E-state index contributed by atoms with van der Waals surface area (Å²) in [4.78, 5) is 59.8. The fraction of sp³-hybridized carbons (Fsp3) is 0.400. The van der Waals surface area contributed by atoms with Crippen LogP contribution in [0, 0.1) is 11.7 Å². The summed E-state index contributed by atoms with van der Waals surface area (Å²) in [5.41, 5.74) is 2.16. The molecule has 0 N–H and O–H groups in total. The molecule has 3 unspecified atom stereocenters. The summed E-state index contributed by atoms with van der Waals surface area (Å²) in [5, 5.41) is -0.256. The normalized spacial score (nSPS) is 21.8. The molecule has 0 spiro atoms. The van der Waals surface area contributed by atoms with E-state index >= 15 is 0 Å². The van der Waals surface area contributed by atoms with Gasteiger partial charge in [-0.1, -0.05) is 35.2 Å². The van der Waals surface area contributed by atoms with Crippen LogP contribution < -0.4 is 14.7 Å². The number of ether oxygens (including phenoxy) is 1. The molecule has 12 heteroatoms. The van der Waals surface area contributed by atoms with E-state index in [0.29, 0.717) is 41.9 Å². The summed E-state index contributed by atoms with van der Waals surface area (Å²) in [6.07, 6.45) is 0. The molecule has 0 radical (unpaired) electrons. The molecule has 220 valence electrons. The molecule has 3 aromatic rings. The number of nitrogens with zero attached hydrogens (tertiary/aromatic N) is 4. The Kier molecular flexibility index (Phi) is 7.95. The van der Waals surface area contributed by atoms with Crippen LogP contribution in [0.3, 0.4) is 0 Å². The number of imide groups is 1. The van der Waals surface area contributed by atoms with Crippen molar-refractivity contribution in [3.05, 3.63) is 74.5 Å². The second-order valence-corrected chi connectivity index (χ2v) is 12.5. The number of halogens is 1. The number of fused-ring (bicyclic) bond motifs is 2. The summed E-state index contributed by atoms with van der Waals surface area (Å²) < 4.78 is 20.5. The SMILES string of the molecule is CCN(CC)c1ccc(C2c3sc(=O)n(CC(=O)N4CCOCC4)c3SC3C(=O)N(c4ccc(F)cc4)C(=O)C32)cc1. The van der Waals surface area contributed by atoms with Crippen LogP contribution in [0.25, 0.3) is 0 Å². The highest BCUT2D eigenvalue weighted by atomic mass is 32.2. The largest absolute Gasteiger partial charge is 0.378 e. The van der Waals surface area contributed by atoms with E-state index in [9.17, 15) is 23.6 Å². The number of carbonyl (C=O) groups excluding carboxylic acids is 3. The average Bonchev–Trinajstić information content (AvgIpc) is 3.45. The number of rotatable bonds is 7. The lowest BCUT2D eigenvalue weighted by molar-refractivity contribution is -0.136. The van der Waals surface area contributed by atoms with Crippen LogP contribution in [0.4, 0.5) is 15.8 Å². The zero-order valence-corrected chi connectivity index (χ0v) is 25.0. The topological polar surface area (TPSA) is 92.2 Å². The Hall–Kier alpha value is -3.48. The first-order valence-electron chi connectivity index (χ1n) is 14.1. The van der Waals surface area contributed by atoms with E-state index in [4.69, 9.17) is 4.74 Å². The van der Waals surface area contributed by atoms with Crippen LogP contribution in [-0.2, 0) is 25.7 Å². The summed E-state index contributed by atoms with van der Waals surface area (Å²) in [6, 6.07) is 13.2. The van der Waals surface area contributed by atoms with E-state index < -0.39 is 28.8 Å². The van der Waals surface area contributed by atoms with Gasteiger partial charge in [0.2, 0.25) is 17.7 Å². The van der Waals surface area contributed by atoms with Gasteiger partial charge in [-0.2, -0.15) is 0 Å². The Labute approximate surface area is 250 Å². The van der Waals surface area contributed by atoms with Gasteiger partial charge in [0.05, 0.1) is 29.8 Å². The predicted octanol–water partition coefficient (Wildman–Crippen LogP) is 3.55. The predicted molar refractivity (Wildman–Crippen MR) is 160 cm³/mol. The Bertz CT molecular complexity index is 1560. The van der Waals surface area contributed by atoms with Crippen molar-refractivity contribution in [2.24, 2.45) is 5.92 Å². The van der Waals surface area contributed by atoms with Crippen molar-refractivity contribution < 1.29 is 23.5 Å². The van der Waals surface area contributed by atoms with Crippen LogP contribution in [0.1, 0.15) is 30.2 Å². The minimum Gasteiger partial charge on any atom is -0.378 e. The quantitative estimate of drug-likeness (QED) is 0.378. The van der Waals surface area contributed by atoms with Gasteiger partial charge in [-0.25, -0.2) is 9.29 Å². The Morgan fingerprint density at radius 3 is 2.29 bits per heavy atom. The minimum absolute atomic E-state index is 0.146. The summed E-state index contributed by atoms with van der Waals surface area (Å²) in [7, 11) is 0. The average molecular weight is 611 g/mol. The number of aromatic nitrogens is 1. The number of morpholine rings is 1. The molecule has 42 heavy (non-hydrogen) atoms. The summed E-state index contributed by atoms with van der Waals surface area (Å²) >= 11 is 2.20. The third-order valence-corrected chi connectivity index (χ3v) is 10.8. The first kappa shape index (κ1) is 28.6. The molecule has 3 aliphatic rings. The van der Waals surface area contributed by atoms with Gasteiger partial charge in [-0.3, -0.25) is 23.7 Å². The zero-order chi connectivity index (χ0) is 29.5. The Balaban J connectivity index is 1.43. The number of hydrogen-bond acceptors (Lipinski definition) is 8. The summed E-state index contributed by atoms with van der Waals surface area (Å²) in [5.74, 6) is -2.78. The van der Waals surface area contributed by atoms with Crippen LogP contribution in [0.2, 0.25) is 0 Å². The first-order valence-corrected chi connectivity index (χ1v) is 15.8. The van der Waals surface area contributed by atoms with E-state index in [0.717, 1.165) is 40.6 Å². The fourth-order valence-electron chi connectivity index (χ4n) is 5.99. The van der Waals surface area contributed by atoms with Crippen molar-refractivity contribution in [2.45, 2.75) is 36.6 Å². The van der Waals surface area contributed by atoms with Crippen molar-refractivity contribution >= 4 is 52.2 Å². The van der Waals surface area contributed by atoms with Crippen molar-refractivity contribution in [1.82, 2.24) is 9.47 Å². The standard InChI is InChI=1S/C30H31FN4O5S2/c1-3-32(4-2)20-9-5-18(6-10-20)23-24-25(28(38)35(27(24)37)21-11-7-19(31)8-12-21)41-29-26(23)42-30(39)34(29)17-22(36)33-13-15-40-16-14-33/h5-12,23-25H,3-4,13-17H2,1-2H3. The highest BCUT2D eigenvalue weighted by molar-refractivity contribution is 8.00. The molecule has 3 aliphatic heterocycles. The fourth-order valence-corrected chi connectivity index (χ4v) is 8.76. The lowest BCUT2D eigenvalue weighted by atomic mass is 9.83. The van der Waals surface area contributed by atoms with Crippen molar-refractivity contribution in [3.63, 3.8) is 0 Å². The zero-order valence-electron chi connectivity index (χ0n) is 23.3. The lowest BCUT2D eigenvalue weighted by Crippen LogP contribution is -2.43. The van der Waals surface area contributed by atoms with Crippen molar-refractivity contribution in [2.75, 3.05) is 49.2 Å². The maximum atomic E-state index is 14.0. The number of thiazole rings is 1. The van der Waals surface area contributed by atoms with E-state index in [1.165, 1.54) is 40.6 Å². The molecule has 1 aromatic heterocycles. The van der Waals surface area contributed by atoms with E-state index in [2.05, 4.69) is 18.7 Å². The number of carbonyl (C=O) groups is 3. The van der Waals surface area contributed by atoms with Crippen LogP contribution in [0.15, 0.2) is 58.4 Å². The van der Waals surface area contributed by atoms with E-state index in [1.54, 1.807) is 4.90 Å². The molecule has 0 aliphatic carbocycles. The van der Waals surface area contributed by atoms with Gasteiger partial charge in [-0.05, 0) is 55.8 Å². The van der Waals surface area contributed by atoms with Crippen LogP contribution in [-0.4, -0.2) is 71.8 Å². The van der Waals surface area contributed by atoms with Gasteiger partial charge < -0.3 is 14.5 Å². The summed E-state index contributed by atoms with van der Waals surface area (Å²) in [6.45, 7) is 7.50. The molecular formula is C30H31FN4O5S2. The van der Waals surface area contributed by atoms with Crippen molar-refractivity contribution in [3.8, 4) is 0 Å². The number of benzene rings is 2. The van der Waals surface area contributed by atoms with Crippen LogP contribution >= 0.6 is 23.1 Å². The van der Waals surface area contributed by atoms with Crippen molar-refractivity contribution in [1.29, 1.82) is 0 Å². The highest BCUT2D eigenvalue weighted by Gasteiger charge is 2.56. The van der Waals surface area contributed by atoms with E-state index in [1.807, 2.05) is 24.3 Å². The third kappa shape index (κ3) is 4.95. The molecule has 0 bridgehead atoms. The Morgan fingerprint density at radius 1 is 0.976 bits per heavy atom. The molecule has 3 amide bonds. The number of anilines is 2. The van der Waals surface area contributed by atoms with Gasteiger partial charge in [0.15, 0.2) is 0 Å². The molecule has 2 saturated heterocycles.